The van der Waals surface area contributed by atoms with Gasteiger partial charge in [-0.2, -0.15) is 0 Å². The van der Waals surface area contributed by atoms with E-state index < -0.39 is 120 Å². The Morgan fingerprint density at radius 1 is 0.760 bits per heavy atom. The fraction of sp³-hybridized carbons (Fsp3) is 0.490. The standard InChI is InChI=1S/C49H70N14O12/c1-26(2)39(61-42(67)33(12-8-18-55-49(52)53)57-41(66)32(50)23-38(51)65)45(70)58-34(20-29-14-16-31(64)17-15-29)43(68)62-40(27(3)75-4)46(71)59-35(22-30-24-54-25-56-30)47(72)63-19-9-13-37(63)44(69)60-36(48(73)74)21-28-10-6-5-7-11-28/h5-7,10-11,14-17,24-27,32-37,39-40,64H,8-9,12-13,18-23,50H2,1-4H3,(H2,51,65)(H,54,56)(H,57,66)(H,58,70)(H,59,71)(H,60,69)(H,61,67)(H,62,68)(H,73,74)(H4,52,53,55)/t27-,32+,33+,34+,35+,36+,37+,39+,40+/m1/s1. The SMILES string of the molecule is CO[C@H](C)[C@H](NC(=O)[C@H](Cc1ccc(O)cc1)NC(=O)[C@@H](NC(=O)[C@H](CCCN=C(N)N)NC(=O)[C@@H](N)CC(N)=O)C(C)C)C(=O)N[C@@H](Cc1cnc[nH]1)C(=O)N1CCC[C@H]1C(=O)N[C@@H](Cc1ccccc1)C(=O)O. The van der Waals surface area contributed by atoms with Crippen LogP contribution >= 0.6 is 0 Å². The van der Waals surface area contributed by atoms with Gasteiger partial charge in [-0.15, -0.1) is 0 Å². The smallest absolute Gasteiger partial charge is 0.326 e. The van der Waals surface area contributed by atoms with E-state index in [1.165, 1.54) is 55.7 Å². The van der Waals surface area contributed by atoms with E-state index in [1.807, 2.05) is 0 Å². The minimum atomic E-state index is -1.53. The number of amides is 8. The number of phenols is 1. The maximum atomic E-state index is 14.5. The molecule has 2 heterocycles. The van der Waals surface area contributed by atoms with Crippen molar-refractivity contribution < 1.29 is 58.1 Å². The monoisotopic (exact) mass is 1050 g/mol. The molecule has 1 aliphatic rings. The summed E-state index contributed by atoms with van der Waals surface area (Å²) in [6.45, 7) is 4.89. The summed E-state index contributed by atoms with van der Waals surface area (Å²) in [5.41, 5.74) is 23.5. The van der Waals surface area contributed by atoms with Crippen LogP contribution < -0.4 is 54.8 Å². The molecule has 1 fully saturated rings. The first-order chi connectivity index (χ1) is 35.6. The summed E-state index contributed by atoms with van der Waals surface area (Å²) in [7, 11) is 1.29. The molecule has 0 aliphatic carbocycles. The van der Waals surface area contributed by atoms with Gasteiger partial charge in [-0.25, -0.2) is 9.78 Å². The van der Waals surface area contributed by atoms with Gasteiger partial charge in [0.25, 0.3) is 0 Å². The fourth-order valence-electron chi connectivity index (χ4n) is 8.17. The van der Waals surface area contributed by atoms with E-state index in [0.717, 1.165) is 0 Å². The van der Waals surface area contributed by atoms with Crippen molar-refractivity contribution in [3.8, 4) is 5.75 Å². The van der Waals surface area contributed by atoms with Gasteiger partial charge in [0.1, 0.15) is 48.0 Å². The number of aromatic amines is 1. The van der Waals surface area contributed by atoms with E-state index in [-0.39, 0.29) is 63.3 Å². The van der Waals surface area contributed by atoms with Crippen molar-refractivity contribution in [2.75, 3.05) is 20.2 Å². The van der Waals surface area contributed by atoms with Crippen molar-refractivity contribution in [1.82, 2.24) is 46.8 Å². The Kier molecular flexibility index (Phi) is 22.9. The summed E-state index contributed by atoms with van der Waals surface area (Å²) in [6, 6.07) is 3.67. The van der Waals surface area contributed by atoms with Crippen LogP contribution in [0.5, 0.6) is 5.75 Å². The van der Waals surface area contributed by atoms with Crippen molar-refractivity contribution in [1.29, 1.82) is 0 Å². The second-order valence-corrected chi connectivity index (χ2v) is 18.5. The number of aromatic hydroxyl groups is 1. The van der Waals surface area contributed by atoms with Crippen LogP contribution in [0.3, 0.4) is 0 Å². The lowest BCUT2D eigenvalue weighted by Gasteiger charge is -2.32. The average molecular weight is 1050 g/mol. The normalized spacial score (nSPS) is 16.3. The molecule has 0 unspecified atom stereocenters. The van der Waals surface area contributed by atoms with Crippen LogP contribution in [0.1, 0.15) is 69.7 Å². The van der Waals surface area contributed by atoms with Gasteiger partial charge in [0.15, 0.2) is 5.96 Å². The van der Waals surface area contributed by atoms with Crippen LogP contribution in [-0.4, -0.2) is 159 Å². The zero-order chi connectivity index (χ0) is 55.4. The number of aliphatic carboxylic acids is 1. The molecule has 0 spiro atoms. The number of likely N-dealkylation sites (tertiary alicyclic amines) is 1. The number of benzene rings is 2. The number of hydrogen-bond donors (Lipinski definition) is 13. The number of ether oxygens (including phenoxy) is 1. The number of methoxy groups -OCH3 is 1. The number of carbonyl (C=O) groups excluding carboxylic acids is 8. The molecular weight excluding hydrogens is 977 g/mol. The van der Waals surface area contributed by atoms with Crippen LogP contribution in [0.4, 0.5) is 0 Å². The van der Waals surface area contributed by atoms with Crippen LogP contribution in [0.15, 0.2) is 72.1 Å². The number of nitrogens with one attached hydrogen (secondary N) is 7. The van der Waals surface area contributed by atoms with Gasteiger partial charge in [0.2, 0.25) is 47.3 Å². The summed E-state index contributed by atoms with van der Waals surface area (Å²) < 4.78 is 5.53. The van der Waals surface area contributed by atoms with Gasteiger partial charge in [-0.05, 0) is 61.8 Å². The largest absolute Gasteiger partial charge is 0.508 e. The molecule has 0 bridgehead atoms. The van der Waals surface area contributed by atoms with Crippen molar-refractivity contribution in [2.45, 2.75) is 127 Å². The number of rotatable bonds is 29. The van der Waals surface area contributed by atoms with Gasteiger partial charge in [0, 0.05) is 51.4 Å². The number of carboxylic acid groups (broad SMARTS) is 1. The molecule has 408 valence electrons. The number of nitrogens with zero attached hydrogens (tertiary/aromatic N) is 3. The van der Waals surface area contributed by atoms with Gasteiger partial charge in [-0.1, -0.05) is 56.3 Å². The molecular formula is C49H70N14O12. The van der Waals surface area contributed by atoms with Crippen LogP contribution in [0, 0.1) is 5.92 Å². The number of imidazole rings is 1. The predicted molar refractivity (Wildman–Crippen MR) is 271 cm³/mol. The number of guanidine groups is 1. The molecule has 3 aromatic rings. The van der Waals surface area contributed by atoms with E-state index in [4.69, 9.17) is 27.7 Å². The number of carbonyl (C=O) groups is 9. The number of hydrogen-bond acceptors (Lipinski definition) is 14. The van der Waals surface area contributed by atoms with E-state index in [9.17, 15) is 53.4 Å². The Labute approximate surface area is 433 Å². The minimum Gasteiger partial charge on any atom is -0.508 e. The van der Waals surface area contributed by atoms with Crippen LogP contribution in [-0.2, 0) is 67.2 Å². The van der Waals surface area contributed by atoms with E-state index in [1.54, 1.807) is 44.2 Å². The molecule has 8 amide bonds. The predicted octanol–water partition coefficient (Wildman–Crippen LogP) is -2.93. The van der Waals surface area contributed by atoms with E-state index in [2.05, 4.69) is 46.9 Å². The molecule has 2 aromatic carbocycles. The van der Waals surface area contributed by atoms with Gasteiger partial charge in [-0.3, -0.25) is 43.3 Å². The maximum Gasteiger partial charge on any atom is 0.326 e. The third kappa shape index (κ3) is 18.7. The Morgan fingerprint density at radius 2 is 1.36 bits per heavy atom. The molecule has 9 atom stereocenters. The van der Waals surface area contributed by atoms with Crippen molar-refractivity contribution in [3.63, 3.8) is 0 Å². The van der Waals surface area contributed by atoms with Gasteiger partial charge in [0.05, 0.1) is 24.9 Å². The van der Waals surface area contributed by atoms with Crippen LogP contribution in [0.2, 0.25) is 0 Å². The highest BCUT2D eigenvalue weighted by Crippen LogP contribution is 2.21. The summed E-state index contributed by atoms with van der Waals surface area (Å²) in [6.07, 6.45) is 1.61. The molecule has 17 N–H and O–H groups in total. The molecule has 1 saturated heterocycles. The lowest BCUT2D eigenvalue weighted by Crippen LogP contribution is -2.63. The van der Waals surface area contributed by atoms with E-state index in [0.29, 0.717) is 23.2 Å². The Morgan fingerprint density at radius 3 is 1.96 bits per heavy atom. The lowest BCUT2D eigenvalue weighted by molar-refractivity contribution is -0.145. The Balaban J connectivity index is 1.59. The molecule has 1 aromatic heterocycles. The minimum absolute atomic E-state index is 0.0110. The quantitative estimate of drug-likeness (QED) is 0.0188. The summed E-state index contributed by atoms with van der Waals surface area (Å²) in [4.78, 5) is 134. The zero-order valence-electron chi connectivity index (χ0n) is 42.3. The average Bonchev–Trinajstić information content (AvgIpc) is 4.08. The van der Waals surface area contributed by atoms with Crippen molar-refractivity contribution >= 4 is 59.2 Å². The first-order valence-electron chi connectivity index (χ1n) is 24.3. The molecule has 0 saturated carbocycles. The second-order valence-electron chi connectivity index (χ2n) is 18.5. The summed E-state index contributed by atoms with van der Waals surface area (Å²) in [5.74, 6) is -8.76. The highest BCUT2D eigenvalue weighted by Gasteiger charge is 2.41. The number of phenolic OH excluding ortho intramolecular Hbond substituents is 1. The highest BCUT2D eigenvalue weighted by atomic mass is 16.5. The van der Waals surface area contributed by atoms with Crippen LogP contribution in [0.25, 0.3) is 0 Å². The Bertz CT molecular complexity index is 2450. The number of carboxylic acids is 1. The molecule has 75 heavy (non-hydrogen) atoms. The molecule has 26 nitrogen and oxygen atoms in total. The van der Waals surface area contributed by atoms with Gasteiger partial charge >= 0.3 is 5.97 Å². The first-order valence-corrected chi connectivity index (χ1v) is 24.3. The van der Waals surface area contributed by atoms with Crippen molar-refractivity contribution in [2.24, 2.45) is 33.8 Å². The zero-order valence-corrected chi connectivity index (χ0v) is 42.3. The highest BCUT2D eigenvalue weighted by molar-refractivity contribution is 5.98. The topological polar surface area (TPSA) is 424 Å². The number of nitrogens with two attached hydrogens (primary N) is 4. The third-order valence-electron chi connectivity index (χ3n) is 12.3. The molecule has 0 radical (unpaired) electrons. The number of H-pyrrole nitrogens is 1. The van der Waals surface area contributed by atoms with Crippen molar-refractivity contribution in [3.05, 3.63) is 83.9 Å². The number of aromatic nitrogens is 2. The first kappa shape index (κ1) is 59.4. The molecule has 26 heteroatoms. The summed E-state index contributed by atoms with van der Waals surface area (Å²) in [5, 5.41) is 35.7. The van der Waals surface area contributed by atoms with Gasteiger partial charge < -0.3 is 79.7 Å². The third-order valence-corrected chi connectivity index (χ3v) is 12.3. The maximum absolute atomic E-state index is 14.5. The second kappa shape index (κ2) is 28.9. The number of primary amides is 1. The van der Waals surface area contributed by atoms with E-state index >= 15 is 0 Å². The molecule has 4 rings (SSSR count). The number of aliphatic imine (C=N–C) groups is 1. The molecule has 1 aliphatic heterocycles. The fourth-order valence-corrected chi connectivity index (χ4v) is 8.17. The summed E-state index contributed by atoms with van der Waals surface area (Å²) >= 11 is 0. The lowest BCUT2D eigenvalue weighted by atomic mass is 9.99. The Hall–Kier alpha value is -8.13.